The van der Waals surface area contributed by atoms with Crippen molar-refractivity contribution < 1.29 is 9.53 Å². The van der Waals surface area contributed by atoms with Gasteiger partial charge in [-0.15, -0.1) is 0 Å². The summed E-state index contributed by atoms with van der Waals surface area (Å²) in [7, 11) is 1.69. The Labute approximate surface area is 141 Å². The molecule has 1 aliphatic rings. The molecular weight excluding hydrogens is 304 g/mol. The number of carbonyl (C=O) groups is 1. The molecule has 1 aliphatic carbocycles. The van der Waals surface area contributed by atoms with Gasteiger partial charge in [0.2, 0.25) is 0 Å². The first kappa shape index (κ1) is 16.2. The second-order valence-electron chi connectivity index (χ2n) is 6.09. The molecule has 1 aromatic heterocycles. The van der Waals surface area contributed by atoms with Crippen molar-refractivity contribution in [1.29, 1.82) is 0 Å². The minimum Gasteiger partial charge on any atom is -0.496 e. The summed E-state index contributed by atoms with van der Waals surface area (Å²) in [4.78, 5) is 20.2. The highest BCUT2D eigenvalue weighted by Gasteiger charge is 2.38. The number of hydrogen-bond donors (Lipinski definition) is 2. The Morgan fingerprint density at radius 3 is 2.75 bits per heavy atom. The Balaban J connectivity index is 1.71. The van der Waals surface area contributed by atoms with Crippen LogP contribution in [0.4, 0.5) is 10.6 Å². The van der Waals surface area contributed by atoms with Crippen LogP contribution in [-0.4, -0.2) is 29.7 Å². The van der Waals surface area contributed by atoms with Crippen LogP contribution in [-0.2, 0) is 5.41 Å². The van der Waals surface area contributed by atoms with Gasteiger partial charge < -0.3 is 10.1 Å². The first-order valence-corrected chi connectivity index (χ1v) is 8.18. The van der Waals surface area contributed by atoms with E-state index >= 15 is 0 Å². The first-order chi connectivity index (χ1) is 11.7. The maximum absolute atomic E-state index is 12.2. The van der Waals surface area contributed by atoms with Crippen molar-refractivity contribution in [2.45, 2.75) is 31.1 Å². The normalized spacial score (nSPS) is 15.7. The molecule has 0 spiro atoms. The third-order valence-electron chi connectivity index (χ3n) is 4.63. The number of nitrogens with one attached hydrogen (secondary N) is 2. The molecule has 6 nitrogen and oxygen atoms in total. The number of hydrogen-bond acceptors (Lipinski definition) is 4. The lowest BCUT2D eigenvalue weighted by atomic mass is 9.78. The molecule has 126 valence electrons. The van der Waals surface area contributed by atoms with Crippen LogP contribution in [0.5, 0.6) is 5.75 Å². The van der Waals surface area contributed by atoms with E-state index in [9.17, 15) is 4.79 Å². The number of amides is 2. The van der Waals surface area contributed by atoms with Crippen LogP contribution < -0.4 is 15.4 Å². The average Bonchev–Trinajstić information content (AvgIpc) is 3.11. The molecule has 0 unspecified atom stereocenters. The third kappa shape index (κ3) is 3.48. The van der Waals surface area contributed by atoms with Gasteiger partial charge in [0, 0.05) is 29.9 Å². The largest absolute Gasteiger partial charge is 0.496 e. The Kier molecular flexibility index (Phi) is 4.93. The lowest BCUT2D eigenvalue weighted by Crippen LogP contribution is -2.41. The zero-order valence-corrected chi connectivity index (χ0v) is 13.8. The molecule has 24 heavy (non-hydrogen) atoms. The van der Waals surface area contributed by atoms with Crippen molar-refractivity contribution in [2.24, 2.45) is 0 Å². The number of carbonyl (C=O) groups excluding carboxylic acids is 1. The van der Waals surface area contributed by atoms with Gasteiger partial charge in [-0.1, -0.05) is 31.0 Å². The summed E-state index contributed by atoms with van der Waals surface area (Å²) in [5, 5.41) is 5.70. The molecule has 0 aliphatic heterocycles. The molecule has 1 heterocycles. The van der Waals surface area contributed by atoms with E-state index in [1.165, 1.54) is 11.8 Å². The summed E-state index contributed by atoms with van der Waals surface area (Å²) in [6, 6.07) is 7.81. The molecule has 2 N–H and O–H groups in total. The highest BCUT2D eigenvalue weighted by atomic mass is 16.5. The monoisotopic (exact) mass is 326 g/mol. The van der Waals surface area contributed by atoms with Crippen molar-refractivity contribution in [3.63, 3.8) is 0 Å². The fourth-order valence-electron chi connectivity index (χ4n) is 3.45. The van der Waals surface area contributed by atoms with E-state index in [2.05, 4.69) is 26.7 Å². The second kappa shape index (κ2) is 7.29. The van der Waals surface area contributed by atoms with Crippen molar-refractivity contribution >= 4 is 11.8 Å². The molecule has 0 bridgehead atoms. The third-order valence-corrected chi connectivity index (χ3v) is 4.63. The van der Waals surface area contributed by atoms with Crippen LogP contribution in [0.25, 0.3) is 0 Å². The van der Waals surface area contributed by atoms with E-state index < -0.39 is 0 Å². The molecule has 0 atom stereocenters. The standard InChI is InChI=1S/C18H22N4O2/c1-24-15-7-3-2-6-14(15)18(8-4-5-9-18)13-21-17(23)22-16-12-19-10-11-20-16/h2-3,6-7,10-12H,4-5,8-9,13H2,1H3,(H2,20,21,22,23). The quantitative estimate of drug-likeness (QED) is 0.885. The molecule has 0 radical (unpaired) electrons. The van der Waals surface area contributed by atoms with Gasteiger partial charge in [0.25, 0.3) is 0 Å². The molecule has 0 saturated heterocycles. The molecule has 1 aromatic carbocycles. The number of benzene rings is 1. The van der Waals surface area contributed by atoms with Gasteiger partial charge in [-0.3, -0.25) is 10.3 Å². The Bertz CT molecular complexity index is 684. The zero-order valence-electron chi connectivity index (χ0n) is 13.8. The number of urea groups is 1. The number of rotatable bonds is 5. The lowest BCUT2D eigenvalue weighted by molar-refractivity contribution is 0.248. The summed E-state index contributed by atoms with van der Waals surface area (Å²) in [6.07, 6.45) is 9.03. The highest BCUT2D eigenvalue weighted by Crippen LogP contribution is 2.44. The van der Waals surface area contributed by atoms with Crippen molar-refractivity contribution in [1.82, 2.24) is 15.3 Å². The van der Waals surface area contributed by atoms with E-state index in [1.54, 1.807) is 19.5 Å². The Hall–Kier alpha value is -2.63. The fourth-order valence-corrected chi connectivity index (χ4v) is 3.45. The number of ether oxygens (including phenoxy) is 1. The minimum absolute atomic E-state index is 0.0771. The minimum atomic E-state index is -0.267. The maximum Gasteiger partial charge on any atom is 0.320 e. The van der Waals surface area contributed by atoms with E-state index in [4.69, 9.17) is 4.74 Å². The first-order valence-electron chi connectivity index (χ1n) is 8.18. The molecular formula is C18H22N4O2. The summed E-state index contributed by atoms with van der Waals surface area (Å²) in [5.41, 5.74) is 1.09. The van der Waals surface area contributed by atoms with Gasteiger partial charge in [0.05, 0.1) is 13.3 Å². The summed E-state index contributed by atoms with van der Waals surface area (Å²) in [6.45, 7) is 0.569. The summed E-state index contributed by atoms with van der Waals surface area (Å²) in [5.74, 6) is 1.32. The number of methoxy groups -OCH3 is 1. The number of aromatic nitrogens is 2. The molecule has 1 fully saturated rings. The van der Waals surface area contributed by atoms with Gasteiger partial charge in [-0.25, -0.2) is 9.78 Å². The van der Waals surface area contributed by atoms with Gasteiger partial charge in [0.15, 0.2) is 5.82 Å². The van der Waals surface area contributed by atoms with Gasteiger partial charge in [-0.2, -0.15) is 0 Å². The van der Waals surface area contributed by atoms with Crippen LogP contribution >= 0.6 is 0 Å². The summed E-state index contributed by atoms with van der Waals surface area (Å²) < 4.78 is 5.54. The second-order valence-corrected chi connectivity index (χ2v) is 6.09. The number of nitrogens with zero attached hydrogens (tertiary/aromatic N) is 2. The van der Waals surface area contributed by atoms with Crippen LogP contribution in [0, 0.1) is 0 Å². The lowest BCUT2D eigenvalue weighted by Gasteiger charge is -2.31. The molecule has 2 amide bonds. The average molecular weight is 326 g/mol. The van der Waals surface area contributed by atoms with E-state index in [0.29, 0.717) is 12.4 Å². The van der Waals surface area contributed by atoms with Crippen molar-refractivity contribution in [3.05, 3.63) is 48.4 Å². The SMILES string of the molecule is COc1ccccc1C1(CNC(=O)Nc2cnccn2)CCCC1. The van der Waals surface area contributed by atoms with Gasteiger partial charge in [0.1, 0.15) is 5.75 Å². The molecule has 3 rings (SSSR count). The van der Waals surface area contributed by atoms with E-state index in [0.717, 1.165) is 31.4 Å². The van der Waals surface area contributed by atoms with E-state index in [-0.39, 0.29) is 11.4 Å². The number of anilines is 1. The predicted octanol–water partition coefficient (Wildman–Crippen LogP) is 3.12. The van der Waals surface area contributed by atoms with Crippen LogP contribution in [0.3, 0.4) is 0 Å². The zero-order chi connectivity index (χ0) is 16.8. The van der Waals surface area contributed by atoms with Crippen molar-refractivity contribution in [3.8, 4) is 5.75 Å². The topological polar surface area (TPSA) is 76.1 Å². The Morgan fingerprint density at radius 2 is 2.04 bits per heavy atom. The van der Waals surface area contributed by atoms with Crippen LogP contribution in [0.15, 0.2) is 42.9 Å². The van der Waals surface area contributed by atoms with E-state index in [1.807, 2.05) is 18.2 Å². The maximum atomic E-state index is 12.2. The smallest absolute Gasteiger partial charge is 0.320 e. The van der Waals surface area contributed by atoms with Crippen LogP contribution in [0.1, 0.15) is 31.2 Å². The Morgan fingerprint density at radius 1 is 1.25 bits per heavy atom. The predicted molar refractivity (Wildman–Crippen MR) is 92.2 cm³/mol. The summed E-state index contributed by atoms with van der Waals surface area (Å²) >= 11 is 0. The number of para-hydroxylation sites is 1. The molecule has 2 aromatic rings. The highest BCUT2D eigenvalue weighted by molar-refractivity contribution is 5.88. The van der Waals surface area contributed by atoms with Crippen LogP contribution in [0.2, 0.25) is 0 Å². The van der Waals surface area contributed by atoms with Gasteiger partial charge in [-0.05, 0) is 18.9 Å². The molecule has 1 saturated carbocycles. The fraction of sp³-hybridized carbons (Fsp3) is 0.389. The van der Waals surface area contributed by atoms with Gasteiger partial charge >= 0.3 is 6.03 Å². The van der Waals surface area contributed by atoms with Crippen molar-refractivity contribution in [2.75, 3.05) is 19.0 Å². The molecule has 6 heteroatoms.